The number of aromatic nitrogens is 2. The van der Waals surface area contributed by atoms with Gasteiger partial charge in [0.1, 0.15) is 12.3 Å². The van der Waals surface area contributed by atoms with Crippen molar-refractivity contribution < 1.29 is 14.3 Å². The van der Waals surface area contributed by atoms with Crippen LogP contribution < -0.4 is 21.3 Å². The van der Waals surface area contributed by atoms with E-state index in [1.165, 1.54) is 11.1 Å². The number of aromatic amines is 1. The van der Waals surface area contributed by atoms with Crippen LogP contribution in [0.2, 0.25) is 0 Å². The summed E-state index contributed by atoms with van der Waals surface area (Å²) >= 11 is 0. The molecule has 1 aromatic carbocycles. The first-order valence-electron chi connectivity index (χ1n) is 7.94. The third-order valence-corrected chi connectivity index (χ3v) is 3.65. The molecule has 26 heavy (non-hydrogen) atoms. The summed E-state index contributed by atoms with van der Waals surface area (Å²) in [5, 5.41) is 2.69. The van der Waals surface area contributed by atoms with E-state index in [0.717, 1.165) is 10.6 Å². The molecule has 0 aliphatic rings. The van der Waals surface area contributed by atoms with E-state index in [-0.39, 0.29) is 19.0 Å². The Labute approximate surface area is 149 Å². The van der Waals surface area contributed by atoms with E-state index in [4.69, 9.17) is 4.74 Å². The molecule has 0 unspecified atom stereocenters. The molecule has 0 radical (unpaired) electrons. The van der Waals surface area contributed by atoms with Gasteiger partial charge in [0.15, 0.2) is 0 Å². The van der Waals surface area contributed by atoms with Crippen LogP contribution in [0, 0.1) is 0 Å². The Bertz CT molecular complexity index is 885. The van der Waals surface area contributed by atoms with Gasteiger partial charge >= 0.3 is 5.69 Å². The van der Waals surface area contributed by atoms with Crippen LogP contribution in [0.1, 0.15) is 6.92 Å². The molecule has 1 heterocycles. The number of carbonyl (C=O) groups is 2. The van der Waals surface area contributed by atoms with Crippen molar-refractivity contribution in [1.29, 1.82) is 0 Å². The molecular weight excluding hydrogens is 340 g/mol. The highest BCUT2D eigenvalue weighted by atomic mass is 16.5. The van der Waals surface area contributed by atoms with E-state index >= 15 is 0 Å². The number of ether oxygens (including phenoxy) is 1. The van der Waals surface area contributed by atoms with Gasteiger partial charge in [-0.05, 0) is 31.2 Å². The number of hydrogen-bond acceptors (Lipinski definition) is 5. The largest absolute Gasteiger partial charge is 0.497 e. The Morgan fingerprint density at radius 2 is 1.88 bits per heavy atom. The predicted molar refractivity (Wildman–Crippen MR) is 95.2 cm³/mol. The minimum atomic E-state index is -0.676. The Morgan fingerprint density at radius 3 is 2.46 bits per heavy atom. The van der Waals surface area contributed by atoms with Gasteiger partial charge in [-0.15, -0.1) is 0 Å². The van der Waals surface area contributed by atoms with Crippen molar-refractivity contribution in [3.63, 3.8) is 0 Å². The Kier molecular flexibility index (Phi) is 6.31. The zero-order valence-electron chi connectivity index (χ0n) is 14.5. The zero-order chi connectivity index (χ0) is 19.1. The Morgan fingerprint density at radius 1 is 1.19 bits per heavy atom. The molecule has 0 aliphatic heterocycles. The average Bonchev–Trinajstić information content (AvgIpc) is 2.62. The molecule has 1 aromatic heterocycles. The van der Waals surface area contributed by atoms with Crippen LogP contribution in [0.25, 0.3) is 0 Å². The summed E-state index contributed by atoms with van der Waals surface area (Å²) in [6, 6.07) is 7.95. The molecule has 0 bridgehead atoms. The third kappa shape index (κ3) is 5.07. The summed E-state index contributed by atoms with van der Waals surface area (Å²) in [5.74, 6) is -0.106. The van der Waals surface area contributed by atoms with E-state index in [0.29, 0.717) is 18.0 Å². The molecule has 2 rings (SSSR count). The maximum atomic E-state index is 12.3. The molecule has 138 valence electrons. The van der Waals surface area contributed by atoms with Gasteiger partial charge in [0, 0.05) is 24.5 Å². The molecule has 0 saturated heterocycles. The van der Waals surface area contributed by atoms with E-state index < -0.39 is 17.2 Å². The summed E-state index contributed by atoms with van der Waals surface area (Å²) in [5.41, 5.74) is -0.634. The van der Waals surface area contributed by atoms with Gasteiger partial charge in [0.2, 0.25) is 11.8 Å². The molecule has 0 fully saturated rings. The summed E-state index contributed by atoms with van der Waals surface area (Å²) in [4.78, 5) is 50.6. The van der Waals surface area contributed by atoms with Crippen molar-refractivity contribution in [2.45, 2.75) is 13.5 Å². The molecular formula is C17H20N4O5. The maximum Gasteiger partial charge on any atom is 0.328 e. The minimum Gasteiger partial charge on any atom is -0.497 e. The molecule has 0 spiro atoms. The van der Waals surface area contributed by atoms with Gasteiger partial charge < -0.3 is 15.0 Å². The summed E-state index contributed by atoms with van der Waals surface area (Å²) < 4.78 is 6.12. The zero-order valence-corrected chi connectivity index (χ0v) is 14.5. The average molecular weight is 360 g/mol. The number of anilines is 1. The quantitative estimate of drug-likeness (QED) is 0.723. The SMILES string of the molecule is CCN(CC(=O)Nc1ccc(OC)cc1)C(=O)Cn1ccc(=O)[nH]c1=O. The lowest BCUT2D eigenvalue weighted by Gasteiger charge is -2.20. The predicted octanol–water partition coefficient (Wildman–Crippen LogP) is 0.0324. The van der Waals surface area contributed by atoms with Crippen molar-refractivity contribution in [3.05, 3.63) is 57.4 Å². The number of H-pyrrole nitrogens is 1. The standard InChI is InChI=1S/C17H20N4O5/c1-3-20(16(24)11-21-9-8-14(22)19-17(21)25)10-15(23)18-12-4-6-13(26-2)7-5-12/h4-9H,3,10-11H2,1-2H3,(H,18,23)(H,19,22,25). The van der Waals surface area contributed by atoms with Crippen molar-refractivity contribution in [1.82, 2.24) is 14.5 Å². The van der Waals surface area contributed by atoms with Crippen molar-refractivity contribution in [2.75, 3.05) is 25.5 Å². The van der Waals surface area contributed by atoms with Crippen LogP contribution in [-0.4, -0.2) is 46.5 Å². The van der Waals surface area contributed by atoms with Crippen LogP contribution in [0.4, 0.5) is 5.69 Å². The number of carbonyl (C=O) groups excluding carboxylic acids is 2. The number of likely N-dealkylation sites (N-methyl/N-ethyl adjacent to an activating group) is 1. The van der Waals surface area contributed by atoms with E-state index in [1.54, 1.807) is 38.3 Å². The number of hydrogen-bond donors (Lipinski definition) is 2. The molecule has 2 N–H and O–H groups in total. The first-order valence-corrected chi connectivity index (χ1v) is 7.94. The lowest BCUT2D eigenvalue weighted by atomic mass is 10.3. The van der Waals surface area contributed by atoms with Crippen LogP contribution in [0.15, 0.2) is 46.1 Å². The number of rotatable bonds is 7. The van der Waals surface area contributed by atoms with Gasteiger partial charge in [-0.3, -0.25) is 23.9 Å². The van der Waals surface area contributed by atoms with E-state index in [2.05, 4.69) is 10.3 Å². The van der Waals surface area contributed by atoms with Gasteiger partial charge in [0.05, 0.1) is 13.7 Å². The van der Waals surface area contributed by atoms with Gasteiger partial charge in [-0.25, -0.2) is 4.79 Å². The highest BCUT2D eigenvalue weighted by molar-refractivity contribution is 5.94. The van der Waals surface area contributed by atoms with E-state index in [9.17, 15) is 19.2 Å². The lowest BCUT2D eigenvalue weighted by Crippen LogP contribution is -2.41. The number of amides is 2. The van der Waals surface area contributed by atoms with Crippen molar-refractivity contribution in [2.24, 2.45) is 0 Å². The van der Waals surface area contributed by atoms with Gasteiger partial charge in [-0.2, -0.15) is 0 Å². The second-order valence-electron chi connectivity index (χ2n) is 5.42. The van der Waals surface area contributed by atoms with Crippen LogP contribution in [0.3, 0.4) is 0 Å². The minimum absolute atomic E-state index is 0.153. The Balaban J connectivity index is 1.98. The van der Waals surface area contributed by atoms with Crippen molar-refractivity contribution in [3.8, 4) is 5.75 Å². The molecule has 0 saturated carbocycles. The van der Waals surface area contributed by atoms with Crippen LogP contribution >= 0.6 is 0 Å². The molecule has 9 nitrogen and oxygen atoms in total. The number of nitrogens with one attached hydrogen (secondary N) is 2. The number of methoxy groups -OCH3 is 1. The first-order chi connectivity index (χ1) is 12.4. The second-order valence-corrected chi connectivity index (χ2v) is 5.42. The summed E-state index contributed by atoms with van der Waals surface area (Å²) in [6.45, 7) is 1.61. The second kappa shape index (κ2) is 8.65. The monoisotopic (exact) mass is 360 g/mol. The molecule has 9 heteroatoms. The van der Waals surface area contributed by atoms with Gasteiger partial charge in [-0.1, -0.05) is 0 Å². The maximum absolute atomic E-state index is 12.3. The van der Waals surface area contributed by atoms with Gasteiger partial charge in [0.25, 0.3) is 5.56 Å². The third-order valence-electron chi connectivity index (χ3n) is 3.65. The molecule has 0 atom stereocenters. The fraction of sp³-hybridized carbons (Fsp3) is 0.294. The lowest BCUT2D eigenvalue weighted by molar-refractivity contribution is -0.135. The van der Waals surface area contributed by atoms with E-state index in [1.807, 2.05) is 0 Å². The summed E-state index contributed by atoms with van der Waals surface area (Å²) in [7, 11) is 1.55. The van der Waals surface area contributed by atoms with Crippen LogP contribution in [-0.2, 0) is 16.1 Å². The summed E-state index contributed by atoms with van der Waals surface area (Å²) in [6.07, 6.45) is 1.24. The molecule has 2 amide bonds. The van der Waals surface area contributed by atoms with Crippen molar-refractivity contribution >= 4 is 17.5 Å². The fourth-order valence-corrected chi connectivity index (χ4v) is 2.24. The molecule has 0 aliphatic carbocycles. The Hall–Kier alpha value is -3.36. The first kappa shape index (κ1) is 19.0. The molecule has 2 aromatic rings. The topological polar surface area (TPSA) is 114 Å². The fourth-order valence-electron chi connectivity index (χ4n) is 2.24. The van der Waals surface area contributed by atoms with Crippen LogP contribution in [0.5, 0.6) is 5.75 Å². The highest BCUT2D eigenvalue weighted by Crippen LogP contribution is 2.14. The smallest absolute Gasteiger partial charge is 0.328 e. The highest BCUT2D eigenvalue weighted by Gasteiger charge is 2.16. The normalized spacial score (nSPS) is 10.2. The number of benzene rings is 1. The number of nitrogens with zero attached hydrogens (tertiary/aromatic N) is 2.